The Morgan fingerprint density at radius 3 is 2.34 bits per heavy atom. The molecule has 5 rings (SSSR count). The van der Waals surface area contributed by atoms with E-state index >= 15 is 0 Å². The van der Waals surface area contributed by atoms with Crippen LogP contribution in [0.5, 0.6) is 0 Å². The molecule has 2 amide bonds. The van der Waals surface area contributed by atoms with Crippen LogP contribution in [-0.4, -0.2) is 53.9 Å². The Balaban J connectivity index is 1.37. The number of nitrogens with two attached hydrogens (primary N) is 1. The van der Waals surface area contributed by atoms with E-state index < -0.39 is 6.04 Å². The van der Waals surface area contributed by atoms with Gasteiger partial charge in [0.2, 0.25) is 5.91 Å². The number of rotatable bonds is 6. The molecule has 7 heteroatoms. The fourth-order valence-electron chi connectivity index (χ4n) is 4.40. The fraction of sp³-hybridized carbons (Fsp3) is 0.320. The summed E-state index contributed by atoms with van der Waals surface area (Å²) in [5, 5.41) is 3.97. The number of primary amides is 1. The molecule has 32 heavy (non-hydrogen) atoms. The van der Waals surface area contributed by atoms with Gasteiger partial charge in [0.1, 0.15) is 11.9 Å². The maximum absolute atomic E-state index is 12.9. The first-order valence-electron chi connectivity index (χ1n) is 11.1. The highest BCUT2D eigenvalue weighted by Crippen LogP contribution is 2.27. The third-order valence-electron chi connectivity index (χ3n) is 6.25. The molecule has 0 spiro atoms. The Morgan fingerprint density at radius 1 is 0.969 bits per heavy atom. The maximum atomic E-state index is 12.9. The summed E-state index contributed by atoms with van der Waals surface area (Å²) in [5.74, 6) is 0.413. The number of anilines is 1. The van der Waals surface area contributed by atoms with Crippen LogP contribution in [-0.2, 0) is 4.79 Å². The zero-order valence-corrected chi connectivity index (χ0v) is 17.9. The molecule has 2 heterocycles. The van der Waals surface area contributed by atoms with E-state index in [1.54, 1.807) is 0 Å². The summed E-state index contributed by atoms with van der Waals surface area (Å²) in [6.45, 7) is 2.76. The van der Waals surface area contributed by atoms with Gasteiger partial charge in [-0.25, -0.2) is 4.98 Å². The van der Waals surface area contributed by atoms with Crippen LogP contribution in [0.4, 0.5) is 5.82 Å². The smallest absolute Gasteiger partial charge is 0.252 e. The number of aromatic nitrogens is 1. The topological polar surface area (TPSA) is 91.6 Å². The second kappa shape index (κ2) is 8.59. The van der Waals surface area contributed by atoms with Crippen molar-refractivity contribution in [1.82, 2.24) is 15.2 Å². The number of carbonyl (C=O) groups is 2. The first-order valence-corrected chi connectivity index (χ1v) is 11.1. The van der Waals surface area contributed by atoms with Gasteiger partial charge in [-0.05, 0) is 30.5 Å². The van der Waals surface area contributed by atoms with Crippen molar-refractivity contribution in [2.24, 2.45) is 5.73 Å². The summed E-state index contributed by atoms with van der Waals surface area (Å²) >= 11 is 0. The minimum atomic E-state index is -0.442. The number of para-hydroxylation sites is 1. The SMILES string of the molecule is NC(=O)C(c1ccccc1)N1CCN(c2cc(C(=O)NC3CC3)c3ccccc3n2)CC1. The van der Waals surface area contributed by atoms with Crippen LogP contribution in [0.3, 0.4) is 0 Å². The Kier molecular flexibility index (Phi) is 5.49. The number of hydrogen-bond acceptors (Lipinski definition) is 5. The number of pyridine rings is 1. The van der Waals surface area contributed by atoms with Gasteiger partial charge in [-0.15, -0.1) is 0 Å². The highest BCUT2D eigenvalue weighted by molar-refractivity contribution is 6.07. The summed E-state index contributed by atoms with van der Waals surface area (Å²) in [7, 11) is 0. The van der Waals surface area contributed by atoms with Crippen LogP contribution >= 0.6 is 0 Å². The number of nitrogens with zero attached hydrogens (tertiary/aromatic N) is 3. The maximum Gasteiger partial charge on any atom is 0.252 e. The van der Waals surface area contributed by atoms with Crippen molar-refractivity contribution in [2.75, 3.05) is 31.1 Å². The normalized spacial score (nSPS) is 17.8. The van der Waals surface area contributed by atoms with E-state index in [0.717, 1.165) is 35.1 Å². The van der Waals surface area contributed by atoms with E-state index in [2.05, 4.69) is 15.1 Å². The second-order valence-electron chi connectivity index (χ2n) is 8.53. The predicted molar refractivity (Wildman–Crippen MR) is 124 cm³/mol. The number of hydrogen-bond donors (Lipinski definition) is 2. The average Bonchev–Trinajstić information content (AvgIpc) is 3.63. The number of nitrogens with one attached hydrogen (secondary N) is 1. The summed E-state index contributed by atoms with van der Waals surface area (Å²) < 4.78 is 0. The van der Waals surface area contributed by atoms with Gasteiger partial charge in [-0.3, -0.25) is 14.5 Å². The molecule has 1 aliphatic heterocycles. The van der Waals surface area contributed by atoms with Gasteiger partial charge in [0.25, 0.3) is 5.91 Å². The van der Waals surface area contributed by atoms with Gasteiger partial charge in [0, 0.05) is 37.6 Å². The molecule has 2 aromatic carbocycles. The Hall–Kier alpha value is -3.45. The third-order valence-corrected chi connectivity index (χ3v) is 6.25. The molecule has 1 aromatic heterocycles. The van der Waals surface area contributed by atoms with E-state index in [9.17, 15) is 9.59 Å². The van der Waals surface area contributed by atoms with Gasteiger partial charge >= 0.3 is 0 Å². The number of fused-ring (bicyclic) bond motifs is 1. The molecule has 3 aromatic rings. The van der Waals surface area contributed by atoms with Gasteiger partial charge in [0.05, 0.1) is 11.1 Å². The van der Waals surface area contributed by atoms with Crippen molar-refractivity contribution < 1.29 is 9.59 Å². The van der Waals surface area contributed by atoms with E-state index in [4.69, 9.17) is 10.7 Å². The van der Waals surface area contributed by atoms with Crippen molar-refractivity contribution in [1.29, 1.82) is 0 Å². The molecule has 1 unspecified atom stereocenters. The Morgan fingerprint density at radius 2 is 1.66 bits per heavy atom. The third kappa shape index (κ3) is 4.16. The predicted octanol–water partition coefficient (Wildman–Crippen LogP) is 2.48. The first kappa shape index (κ1) is 20.5. The summed E-state index contributed by atoms with van der Waals surface area (Å²) in [4.78, 5) is 34.3. The number of piperazine rings is 1. The van der Waals surface area contributed by atoms with Crippen LogP contribution in [0.2, 0.25) is 0 Å². The van der Waals surface area contributed by atoms with E-state index in [0.29, 0.717) is 37.8 Å². The number of benzene rings is 2. The van der Waals surface area contributed by atoms with E-state index in [1.165, 1.54) is 0 Å². The van der Waals surface area contributed by atoms with Gasteiger partial charge in [-0.2, -0.15) is 0 Å². The monoisotopic (exact) mass is 429 g/mol. The lowest BCUT2D eigenvalue weighted by molar-refractivity contribution is -0.123. The lowest BCUT2D eigenvalue weighted by Crippen LogP contribution is -2.50. The highest BCUT2D eigenvalue weighted by atomic mass is 16.2. The minimum Gasteiger partial charge on any atom is -0.368 e. The van der Waals surface area contributed by atoms with Crippen LogP contribution in [0.15, 0.2) is 60.7 Å². The molecule has 0 bridgehead atoms. The van der Waals surface area contributed by atoms with Crippen LogP contribution in [0.1, 0.15) is 34.8 Å². The average molecular weight is 430 g/mol. The largest absolute Gasteiger partial charge is 0.368 e. The van der Waals surface area contributed by atoms with Crippen LogP contribution in [0.25, 0.3) is 10.9 Å². The summed E-state index contributed by atoms with van der Waals surface area (Å²) in [6.07, 6.45) is 2.10. The van der Waals surface area contributed by atoms with Crippen LogP contribution in [0, 0.1) is 0 Å². The van der Waals surface area contributed by atoms with Crippen molar-refractivity contribution in [2.45, 2.75) is 24.9 Å². The molecule has 0 radical (unpaired) electrons. The molecule has 1 aliphatic carbocycles. The molecule has 3 N–H and O–H groups in total. The fourth-order valence-corrected chi connectivity index (χ4v) is 4.40. The minimum absolute atomic E-state index is 0.0381. The highest BCUT2D eigenvalue weighted by Gasteiger charge is 2.30. The number of amides is 2. The zero-order valence-electron chi connectivity index (χ0n) is 17.9. The zero-order chi connectivity index (χ0) is 22.1. The number of carbonyl (C=O) groups excluding carboxylic acids is 2. The molecular weight excluding hydrogens is 402 g/mol. The van der Waals surface area contributed by atoms with Gasteiger partial charge < -0.3 is 16.0 Å². The van der Waals surface area contributed by atoms with Gasteiger partial charge in [-0.1, -0.05) is 48.5 Å². The molecule has 1 saturated heterocycles. The van der Waals surface area contributed by atoms with E-state index in [-0.39, 0.29) is 11.8 Å². The summed E-state index contributed by atoms with van der Waals surface area (Å²) in [5.41, 5.74) is 8.15. The molecule has 164 valence electrons. The quantitative estimate of drug-likeness (QED) is 0.628. The van der Waals surface area contributed by atoms with Crippen molar-refractivity contribution in [3.8, 4) is 0 Å². The van der Waals surface area contributed by atoms with Crippen molar-refractivity contribution in [3.05, 3.63) is 71.8 Å². The molecular formula is C25H27N5O2. The second-order valence-corrected chi connectivity index (χ2v) is 8.53. The van der Waals surface area contributed by atoms with Crippen LogP contribution < -0.4 is 16.0 Å². The van der Waals surface area contributed by atoms with Gasteiger partial charge in [0.15, 0.2) is 0 Å². The molecule has 7 nitrogen and oxygen atoms in total. The lowest BCUT2D eigenvalue weighted by Gasteiger charge is -2.39. The Labute approximate surface area is 187 Å². The lowest BCUT2D eigenvalue weighted by atomic mass is 10.0. The van der Waals surface area contributed by atoms with E-state index in [1.807, 2.05) is 60.7 Å². The van der Waals surface area contributed by atoms with Crippen molar-refractivity contribution in [3.63, 3.8) is 0 Å². The summed E-state index contributed by atoms with van der Waals surface area (Å²) in [6, 6.07) is 19.2. The molecule has 1 atom stereocenters. The molecule has 1 saturated carbocycles. The van der Waals surface area contributed by atoms with Crippen molar-refractivity contribution >= 4 is 28.5 Å². The first-order chi connectivity index (χ1) is 15.6. The molecule has 2 aliphatic rings. The molecule has 2 fully saturated rings. The standard InChI is InChI=1S/C25H27N5O2/c26-24(31)23(17-6-2-1-3-7-17)30-14-12-29(13-15-30)22-16-20(25(32)27-18-10-11-18)19-8-4-5-9-21(19)28-22/h1-9,16,18,23H,10-15H2,(H2,26,31)(H,27,32). The Bertz CT molecular complexity index is 1140.